The zero-order valence-electron chi connectivity index (χ0n) is 14.8. The molecule has 0 unspecified atom stereocenters. The molecule has 0 saturated carbocycles. The Labute approximate surface area is 152 Å². The second kappa shape index (κ2) is 7.12. The fourth-order valence-electron chi connectivity index (χ4n) is 3.52. The van der Waals surface area contributed by atoms with Gasteiger partial charge in [0, 0.05) is 6.54 Å². The van der Waals surface area contributed by atoms with Crippen molar-refractivity contribution in [3.63, 3.8) is 0 Å². The van der Waals surface area contributed by atoms with Crippen LogP contribution in [0.3, 0.4) is 0 Å². The van der Waals surface area contributed by atoms with Gasteiger partial charge in [-0.15, -0.1) is 0 Å². The van der Waals surface area contributed by atoms with Crippen LogP contribution in [-0.4, -0.2) is 33.9 Å². The molecule has 3 aromatic rings. The maximum absolute atomic E-state index is 13.0. The van der Waals surface area contributed by atoms with Crippen molar-refractivity contribution in [2.45, 2.75) is 25.8 Å². The molecule has 26 heavy (non-hydrogen) atoms. The summed E-state index contributed by atoms with van der Waals surface area (Å²) in [4.78, 5) is 23.8. The van der Waals surface area contributed by atoms with Crippen LogP contribution in [0.1, 0.15) is 41.9 Å². The number of carbonyl (C=O) groups is 1. The largest absolute Gasteiger partial charge is 0.494 e. The van der Waals surface area contributed by atoms with Crippen molar-refractivity contribution in [1.82, 2.24) is 14.9 Å². The van der Waals surface area contributed by atoms with Crippen LogP contribution in [0.25, 0.3) is 11.0 Å². The molecule has 1 fully saturated rings. The summed E-state index contributed by atoms with van der Waals surface area (Å²) in [6.45, 7) is 3.36. The van der Waals surface area contributed by atoms with Gasteiger partial charge in [-0.3, -0.25) is 9.78 Å². The smallest absolute Gasteiger partial charge is 0.274 e. The van der Waals surface area contributed by atoms with Crippen molar-refractivity contribution >= 4 is 16.9 Å². The molecular weight excluding hydrogens is 326 g/mol. The highest BCUT2D eigenvalue weighted by molar-refractivity contribution is 5.94. The highest BCUT2D eigenvalue weighted by atomic mass is 16.5. The standard InChI is InChI=1S/C21H21N3O2/c1-2-26-16-11-9-15(10-12-16)20-8-5-13-24(20)21(25)19-14-22-17-6-3-4-7-18(17)23-19/h3-4,6-7,9-12,14,20H,2,5,8,13H2,1H3/t20-/m1/s1. The van der Waals surface area contributed by atoms with Crippen LogP contribution in [0.2, 0.25) is 0 Å². The number of hydrogen-bond acceptors (Lipinski definition) is 4. The number of para-hydroxylation sites is 2. The molecule has 2 heterocycles. The first kappa shape index (κ1) is 16.5. The minimum Gasteiger partial charge on any atom is -0.494 e. The third-order valence-corrected chi connectivity index (χ3v) is 4.76. The zero-order valence-corrected chi connectivity index (χ0v) is 14.8. The molecule has 1 atom stereocenters. The number of benzene rings is 2. The molecule has 1 saturated heterocycles. The Morgan fingerprint density at radius 2 is 1.92 bits per heavy atom. The average Bonchev–Trinajstić information content (AvgIpc) is 3.17. The van der Waals surface area contributed by atoms with Crippen molar-refractivity contribution in [2.75, 3.05) is 13.2 Å². The van der Waals surface area contributed by atoms with Gasteiger partial charge in [0.1, 0.15) is 11.4 Å². The van der Waals surface area contributed by atoms with E-state index in [1.165, 1.54) is 0 Å². The predicted molar refractivity (Wildman–Crippen MR) is 100 cm³/mol. The van der Waals surface area contributed by atoms with Gasteiger partial charge in [0.05, 0.1) is 29.9 Å². The minimum atomic E-state index is -0.0559. The first-order valence-electron chi connectivity index (χ1n) is 9.02. The van der Waals surface area contributed by atoms with Gasteiger partial charge in [0.2, 0.25) is 0 Å². The fourth-order valence-corrected chi connectivity index (χ4v) is 3.52. The molecule has 0 N–H and O–H groups in total. The predicted octanol–water partition coefficient (Wildman–Crippen LogP) is 4.01. The maximum atomic E-state index is 13.0. The molecule has 1 amide bonds. The van der Waals surface area contributed by atoms with Crippen LogP contribution >= 0.6 is 0 Å². The van der Waals surface area contributed by atoms with Gasteiger partial charge in [-0.2, -0.15) is 0 Å². The normalized spacial score (nSPS) is 16.8. The van der Waals surface area contributed by atoms with Crippen molar-refractivity contribution < 1.29 is 9.53 Å². The summed E-state index contributed by atoms with van der Waals surface area (Å²) in [6, 6.07) is 15.7. The fraction of sp³-hybridized carbons (Fsp3) is 0.286. The molecule has 0 radical (unpaired) electrons. The monoisotopic (exact) mass is 347 g/mol. The molecule has 0 spiro atoms. The number of rotatable bonds is 4. The molecule has 1 aliphatic rings. The molecule has 132 valence electrons. The Hall–Kier alpha value is -2.95. The average molecular weight is 347 g/mol. The van der Waals surface area contributed by atoms with Crippen molar-refractivity contribution in [1.29, 1.82) is 0 Å². The highest BCUT2D eigenvalue weighted by Gasteiger charge is 2.31. The Kier molecular flexibility index (Phi) is 4.52. The molecule has 0 bridgehead atoms. The van der Waals surface area contributed by atoms with Gasteiger partial charge >= 0.3 is 0 Å². The molecule has 2 aromatic carbocycles. The highest BCUT2D eigenvalue weighted by Crippen LogP contribution is 2.33. The Bertz CT molecular complexity index is 924. The Morgan fingerprint density at radius 3 is 2.69 bits per heavy atom. The van der Waals surface area contributed by atoms with Crippen LogP contribution < -0.4 is 4.74 Å². The molecule has 1 aromatic heterocycles. The third kappa shape index (κ3) is 3.12. The number of fused-ring (bicyclic) bond motifs is 1. The first-order valence-corrected chi connectivity index (χ1v) is 9.02. The summed E-state index contributed by atoms with van der Waals surface area (Å²) in [6.07, 6.45) is 3.53. The molecule has 0 aliphatic carbocycles. The van der Waals surface area contributed by atoms with Gasteiger partial charge in [-0.25, -0.2) is 4.98 Å². The van der Waals surface area contributed by atoms with Crippen LogP contribution in [0.15, 0.2) is 54.7 Å². The van der Waals surface area contributed by atoms with Gasteiger partial charge in [-0.05, 0) is 49.6 Å². The number of amides is 1. The quantitative estimate of drug-likeness (QED) is 0.716. The first-order chi connectivity index (χ1) is 12.8. The number of nitrogens with zero attached hydrogens (tertiary/aromatic N) is 3. The lowest BCUT2D eigenvalue weighted by atomic mass is 10.0. The maximum Gasteiger partial charge on any atom is 0.274 e. The Balaban J connectivity index is 1.59. The SMILES string of the molecule is CCOc1ccc([C@H]2CCCN2C(=O)c2cnc3ccccc3n2)cc1. The summed E-state index contributed by atoms with van der Waals surface area (Å²) < 4.78 is 5.51. The number of hydrogen-bond donors (Lipinski definition) is 0. The molecule has 5 heteroatoms. The van der Waals surface area contributed by atoms with E-state index in [0.717, 1.165) is 41.7 Å². The van der Waals surface area contributed by atoms with Gasteiger partial charge in [0.15, 0.2) is 0 Å². The number of ether oxygens (including phenoxy) is 1. The third-order valence-electron chi connectivity index (χ3n) is 4.76. The number of carbonyl (C=O) groups excluding carboxylic acids is 1. The van der Waals surface area contributed by atoms with Crippen LogP contribution in [0.5, 0.6) is 5.75 Å². The molecule has 1 aliphatic heterocycles. The summed E-state index contributed by atoms with van der Waals surface area (Å²) in [7, 11) is 0. The summed E-state index contributed by atoms with van der Waals surface area (Å²) in [5, 5.41) is 0. The lowest BCUT2D eigenvalue weighted by Crippen LogP contribution is -2.31. The number of aromatic nitrogens is 2. The van der Waals surface area contributed by atoms with E-state index in [9.17, 15) is 4.79 Å². The van der Waals surface area contributed by atoms with Crippen molar-refractivity contribution in [3.05, 3.63) is 66.0 Å². The second-order valence-electron chi connectivity index (χ2n) is 6.40. The summed E-state index contributed by atoms with van der Waals surface area (Å²) >= 11 is 0. The van der Waals surface area contributed by atoms with Gasteiger partial charge in [-0.1, -0.05) is 24.3 Å². The summed E-state index contributed by atoms with van der Waals surface area (Å²) in [5.74, 6) is 0.798. The van der Waals surface area contributed by atoms with Crippen LogP contribution in [-0.2, 0) is 0 Å². The van der Waals surface area contributed by atoms with E-state index in [4.69, 9.17) is 4.74 Å². The molecular formula is C21H21N3O2. The van der Waals surface area contributed by atoms with Gasteiger partial charge < -0.3 is 9.64 Å². The minimum absolute atomic E-state index is 0.0559. The van der Waals surface area contributed by atoms with Crippen molar-refractivity contribution in [2.24, 2.45) is 0 Å². The number of likely N-dealkylation sites (tertiary alicyclic amines) is 1. The van der Waals surface area contributed by atoms with Crippen LogP contribution in [0, 0.1) is 0 Å². The van der Waals surface area contributed by atoms with E-state index < -0.39 is 0 Å². The molecule has 4 rings (SSSR count). The second-order valence-corrected chi connectivity index (χ2v) is 6.40. The summed E-state index contributed by atoms with van der Waals surface area (Å²) in [5.41, 5.74) is 3.08. The van der Waals surface area contributed by atoms with Gasteiger partial charge in [0.25, 0.3) is 5.91 Å². The van der Waals surface area contributed by atoms with E-state index in [-0.39, 0.29) is 11.9 Å². The zero-order chi connectivity index (χ0) is 17.9. The van der Waals surface area contributed by atoms with Crippen LogP contribution in [0.4, 0.5) is 0 Å². The topological polar surface area (TPSA) is 55.3 Å². The van der Waals surface area contributed by atoms with Crippen molar-refractivity contribution in [3.8, 4) is 5.75 Å². The van der Waals surface area contributed by atoms with E-state index >= 15 is 0 Å². The Morgan fingerprint density at radius 1 is 1.15 bits per heavy atom. The van der Waals surface area contributed by atoms with E-state index in [0.29, 0.717) is 12.3 Å². The van der Waals surface area contributed by atoms with E-state index in [1.54, 1.807) is 6.20 Å². The van der Waals surface area contributed by atoms with E-state index in [2.05, 4.69) is 9.97 Å². The van der Waals surface area contributed by atoms with E-state index in [1.807, 2.05) is 60.4 Å². The molecule has 5 nitrogen and oxygen atoms in total. The lowest BCUT2D eigenvalue weighted by molar-refractivity contribution is 0.0729. The lowest BCUT2D eigenvalue weighted by Gasteiger charge is -2.25.